The first kappa shape index (κ1) is 16.5. The number of thioether (sulfide) groups is 1. The summed E-state index contributed by atoms with van der Waals surface area (Å²) >= 11 is 1.57. The molecule has 1 aliphatic heterocycles. The lowest BCUT2D eigenvalue weighted by Gasteiger charge is -2.22. The van der Waals surface area contributed by atoms with Gasteiger partial charge in [0.2, 0.25) is 0 Å². The number of Topliss-reactive ketones (excluding diaryl/α,β-unsaturated/α-hetero) is 1. The van der Waals surface area contributed by atoms with Gasteiger partial charge < -0.3 is 4.90 Å². The van der Waals surface area contributed by atoms with Crippen molar-refractivity contribution in [3.05, 3.63) is 53.3 Å². The van der Waals surface area contributed by atoms with E-state index in [1.807, 2.05) is 54.3 Å². The van der Waals surface area contributed by atoms with Crippen molar-refractivity contribution in [3.63, 3.8) is 0 Å². The molecule has 1 aliphatic rings. The van der Waals surface area contributed by atoms with Gasteiger partial charge in [0.05, 0.1) is 16.3 Å². The van der Waals surface area contributed by atoms with Gasteiger partial charge in [0.25, 0.3) is 0 Å². The van der Waals surface area contributed by atoms with Gasteiger partial charge in [0.1, 0.15) is 5.37 Å². The molecule has 5 nitrogen and oxygen atoms in total. The van der Waals surface area contributed by atoms with Gasteiger partial charge in [0, 0.05) is 30.9 Å². The molecule has 0 N–H and O–H groups in total. The van der Waals surface area contributed by atoms with E-state index in [2.05, 4.69) is 21.9 Å². The maximum atomic E-state index is 11.7. The second kappa shape index (κ2) is 7.05. The maximum Gasteiger partial charge on any atom is 0.167 e. The molecule has 1 aromatic heterocycles. The summed E-state index contributed by atoms with van der Waals surface area (Å²) < 4.78 is 1.81. The lowest BCUT2D eigenvalue weighted by Crippen LogP contribution is -2.28. The molecule has 0 radical (unpaired) electrons. The molecule has 2 aromatic rings. The molecule has 0 fully saturated rings. The van der Waals surface area contributed by atoms with E-state index in [4.69, 9.17) is 0 Å². The molecule has 0 saturated carbocycles. The molecule has 2 heterocycles. The van der Waals surface area contributed by atoms with E-state index < -0.39 is 0 Å². The van der Waals surface area contributed by atoms with Crippen LogP contribution in [0.4, 0.5) is 5.69 Å². The summed E-state index contributed by atoms with van der Waals surface area (Å²) in [5.74, 6) is 0.121. The van der Waals surface area contributed by atoms with Gasteiger partial charge in [-0.2, -0.15) is 5.10 Å². The van der Waals surface area contributed by atoms with Gasteiger partial charge in [-0.25, -0.2) is 4.68 Å². The minimum absolute atomic E-state index is 0.0692. The van der Waals surface area contributed by atoms with Crippen LogP contribution in [0.3, 0.4) is 0 Å². The van der Waals surface area contributed by atoms with Crippen molar-refractivity contribution in [2.24, 2.45) is 4.99 Å². The van der Waals surface area contributed by atoms with Gasteiger partial charge in [-0.05, 0) is 51.1 Å². The highest BCUT2D eigenvalue weighted by Crippen LogP contribution is 2.37. The number of aliphatic imine (C=N–C) groups is 1. The monoisotopic (exact) mass is 340 g/mol. The Balaban J connectivity index is 1.73. The Kier molecular flexibility index (Phi) is 4.85. The molecular weight excluding hydrogens is 320 g/mol. The largest absolute Gasteiger partial charge is 0.357 e. The molecule has 0 aliphatic carbocycles. The third-order valence-corrected chi connectivity index (χ3v) is 5.37. The number of rotatable bonds is 5. The van der Waals surface area contributed by atoms with Crippen molar-refractivity contribution < 1.29 is 4.79 Å². The first-order valence-electron chi connectivity index (χ1n) is 7.89. The number of carbonyl (C=O) groups is 1. The average Bonchev–Trinajstić information content (AvgIpc) is 3.21. The minimum Gasteiger partial charge on any atom is -0.357 e. The molecule has 0 bridgehead atoms. The molecule has 6 heteroatoms. The highest BCUT2D eigenvalue weighted by molar-refractivity contribution is 8.05. The van der Waals surface area contributed by atoms with Crippen LogP contribution in [0.25, 0.3) is 5.69 Å². The van der Waals surface area contributed by atoms with Gasteiger partial charge in [-0.1, -0.05) is 11.8 Å². The Morgan fingerprint density at radius 1 is 1.38 bits per heavy atom. The van der Waals surface area contributed by atoms with Crippen molar-refractivity contribution in [3.8, 4) is 5.69 Å². The summed E-state index contributed by atoms with van der Waals surface area (Å²) in [6.45, 7) is 6.56. The van der Waals surface area contributed by atoms with E-state index in [9.17, 15) is 4.79 Å². The Morgan fingerprint density at radius 2 is 2.12 bits per heavy atom. The zero-order valence-electron chi connectivity index (χ0n) is 14.0. The quantitative estimate of drug-likeness (QED) is 0.777. The lowest BCUT2D eigenvalue weighted by atomic mass is 10.3. The molecule has 0 spiro atoms. The third kappa shape index (κ3) is 3.28. The molecule has 1 aromatic carbocycles. The lowest BCUT2D eigenvalue weighted by molar-refractivity contribution is -0.113. The summed E-state index contributed by atoms with van der Waals surface area (Å²) in [7, 11) is 0. The van der Waals surface area contributed by atoms with Gasteiger partial charge >= 0.3 is 0 Å². The summed E-state index contributed by atoms with van der Waals surface area (Å²) in [6.07, 6.45) is 5.57. The van der Waals surface area contributed by atoms with Crippen LogP contribution in [0.5, 0.6) is 0 Å². The normalized spacial score (nSPS) is 18.0. The van der Waals surface area contributed by atoms with Crippen molar-refractivity contribution in [2.45, 2.75) is 26.1 Å². The zero-order chi connectivity index (χ0) is 17.1. The second-order valence-corrected chi connectivity index (χ2v) is 6.64. The zero-order valence-corrected chi connectivity index (χ0v) is 14.8. The highest BCUT2D eigenvalue weighted by Gasteiger charge is 2.29. The van der Waals surface area contributed by atoms with E-state index >= 15 is 0 Å². The standard InChI is InChI=1S/C18H20N4OS/c1-4-21-13(2)18(14(3)23)24-17(21)12-19-15-6-8-16(9-7-15)22-11-5-10-20-22/h5-12,17H,4H2,1-3H3. The van der Waals surface area contributed by atoms with Crippen LogP contribution in [0.2, 0.25) is 0 Å². The molecule has 3 rings (SSSR count). The number of aromatic nitrogens is 2. The number of nitrogens with zero attached hydrogens (tertiary/aromatic N) is 4. The fourth-order valence-electron chi connectivity index (χ4n) is 2.72. The SMILES string of the molecule is CCN1C(C)=C(C(C)=O)SC1C=Nc1ccc(-n2cccn2)cc1. The average molecular weight is 340 g/mol. The van der Waals surface area contributed by atoms with Crippen LogP contribution < -0.4 is 0 Å². The van der Waals surface area contributed by atoms with E-state index in [0.717, 1.165) is 28.5 Å². The van der Waals surface area contributed by atoms with E-state index in [0.29, 0.717) is 0 Å². The number of hydrogen-bond donors (Lipinski definition) is 0. The fraction of sp³-hybridized carbons (Fsp3) is 0.278. The smallest absolute Gasteiger partial charge is 0.167 e. The fourth-order valence-corrected chi connectivity index (χ4v) is 3.97. The Labute approximate surface area is 146 Å². The summed E-state index contributed by atoms with van der Waals surface area (Å²) in [5, 5.41) is 4.28. The number of carbonyl (C=O) groups excluding carboxylic acids is 1. The van der Waals surface area contributed by atoms with Gasteiger partial charge in [0.15, 0.2) is 5.78 Å². The highest BCUT2D eigenvalue weighted by atomic mass is 32.2. The van der Waals surface area contributed by atoms with Crippen molar-refractivity contribution in [1.82, 2.24) is 14.7 Å². The van der Waals surface area contributed by atoms with Crippen LogP contribution in [0, 0.1) is 0 Å². The number of allylic oxidation sites excluding steroid dienone is 2. The molecule has 124 valence electrons. The molecule has 0 amide bonds. The summed E-state index contributed by atoms with van der Waals surface area (Å²) in [5.41, 5.74) is 2.93. The predicted molar refractivity (Wildman–Crippen MR) is 98.9 cm³/mol. The molecule has 1 unspecified atom stereocenters. The predicted octanol–water partition coefficient (Wildman–Crippen LogP) is 3.79. The summed E-state index contributed by atoms with van der Waals surface area (Å²) in [4.78, 5) is 19.3. The summed E-state index contributed by atoms with van der Waals surface area (Å²) in [6, 6.07) is 9.81. The van der Waals surface area contributed by atoms with E-state index in [1.165, 1.54) is 0 Å². The van der Waals surface area contributed by atoms with Gasteiger partial charge in [-0.3, -0.25) is 9.79 Å². The minimum atomic E-state index is 0.0692. The van der Waals surface area contributed by atoms with Crippen molar-refractivity contribution in [1.29, 1.82) is 0 Å². The molecule has 24 heavy (non-hydrogen) atoms. The van der Waals surface area contributed by atoms with Crippen LogP contribution in [-0.2, 0) is 4.79 Å². The van der Waals surface area contributed by atoms with Crippen LogP contribution in [0.1, 0.15) is 20.8 Å². The number of ketones is 1. The molecule has 0 saturated heterocycles. The molecule has 1 atom stereocenters. The van der Waals surface area contributed by atoms with E-state index in [-0.39, 0.29) is 11.2 Å². The Bertz CT molecular complexity index is 778. The second-order valence-electron chi connectivity index (χ2n) is 5.51. The molecular formula is C18H20N4OS. The van der Waals surface area contributed by atoms with Gasteiger partial charge in [-0.15, -0.1) is 0 Å². The third-order valence-electron chi connectivity index (χ3n) is 3.94. The number of benzene rings is 1. The van der Waals surface area contributed by atoms with Crippen LogP contribution in [-0.4, -0.2) is 38.6 Å². The Hall–Kier alpha value is -2.34. The first-order valence-corrected chi connectivity index (χ1v) is 8.77. The Morgan fingerprint density at radius 3 is 2.71 bits per heavy atom. The van der Waals surface area contributed by atoms with Crippen molar-refractivity contribution in [2.75, 3.05) is 6.54 Å². The number of hydrogen-bond acceptors (Lipinski definition) is 5. The van der Waals surface area contributed by atoms with Crippen LogP contribution >= 0.6 is 11.8 Å². The van der Waals surface area contributed by atoms with Crippen LogP contribution in [0.15, 0.2) is 58.3 Å². The van der Waals surface area contributed by atoms with Crippen molar-refractivity contribution >= 4 is 29.4 Å². The first-order chi connectivity index (χ1) is 11.6. The topological polar surface area (TPSA) is 50.5 Å². The maximum absolute atomic E-state index is 11.7. The van der Waals surface area contributed by atoms with E-state index in [1.54, 1.807) is 24.9 Å².